The Morgan fingerprint density at radius 1 is 1.33 bits per heavy atom. The van der Waals surface area contributed by atoms with E-state index in [4.69, 9.17) is 10.5 Å². The second kappa shape index (κ2) is 3.25. The van der Waals surface area contributed by atoms with Gasteiger partial charge in [0.2, 0.25) is 0 Å². The van der Waals surface area contributed by atoms with Crippen molar-refractivity contribution in [3.63, 3.8) is 0 Å². The fourth-order valence-corrected chi connectivity index (χ4v) is 1.53. The van der Waals surface area contributed by atoms with Gasteiger partial charge in [-0.2, -0.15) is 0 Å². The molecular formula is C10H13NO. The molecular weight excluding hydrogens is 150 g/mol. The minimum Gasteiger partial charge on any atom is -0.380 e. The second-order valence-corrected chi connectivity index (χ2v) is 3.14. The van der Waals surface area contributed by atoms with Crippen LogP contribution in [0.3, 0.4) is 0 Å². The smallest absolute Gasteiger partial charge is 0.0557 e. The van der Waals surface area contributed by atoms with Crippen LogP contribution in [-0.4, -0.2) is 13.2 Å². The molecule has 0 radical (unpaired) electrons. The molecule has 0 saturated carbocycles. The Bertz CT molecular complexity index is 268. The molecule has 1 fully saturated rings. The predicted octanol–water partition coefficient (Wildman–Crippen LogP) is 1.26. The first kappa shape index (κ1) is 7.77. The molecule has 0 amide bonds. The molecule has 1 heterocycles. The molecule has 12 heavy (non-hydrogen) atoms. The quantitative estimate of drug-likeness (QED) is 0.712. The molecule has 1 aliphatic rings. The molecule has 0 spiro atoms. The van der Waals surface area contributed by atoms with Gasteiger partial charge < -0.3 is 10.5 Å². The molecule has 0 aliphatic carbocycles. The van der Waals surface area contributed by atoms with Gasteiger partial charge in [-0.05, 0) is 11.1 Å². The van der Waals surface area contributed by atoms with Crippen LogP contribution in [0.5, 0.6) is 0 Å². The van der Waals surface area contributed by atoms with Crippen LogP contribution in [0.1, 0.15) is 17.0 Å². The molecule has 2 nitrogen and oxygen atoms in total. The van der Waals surface area contributed by atoms with E-state index in [0.29, 0.717) is 12.5 Å². The Kier molecular flexibility index (Phi) is 2.11. The lowest BCUT2D eigenvalue weighted by atomic mass is 9.93. The highest BCUT2D eigenvalue weighted by Crippen LogP contribution is 2.26. The summed E-state index contributed by atoms with van der Waals surface area (Å²) in [5, 5.41) is 0. The Labute approximate surface area is 72.3 Å². The van der Waals surface area contributed by atoms with Gasteiger partial charge in [-0.15, -0.1) is 0 Å². The molecule has 1 aliphatic heterocycles. The van der Waals surface area contributed by atoms with E-state index in [0.717, 1.165) is 13.2 Å². The van der Waals surface area contributed by atoms with Gasteiger partial charge in [0.1, 0.15) is 0 Å². The summed E-state index contributed by atoms with van der Waals surface area (Å²) in [5.74, 6) is 0.588. The highest BCUT2D eigenvalue weighted by molar-refractivity contribution is 5.31. The molecule has 0 atom stereocenters. The normalized spacial score (nSPS) is 17.4. The van der Waals surface area contributed by atoms with Gasteiger partial charge in [0.05, 0.1) is 13.2 Å². The van der Waals surface area contributed by atoms with Crippen LogP contribution in [0.2, 0.25) is 0 Å². The van der Waals surface area contributed by atoms with Gasteiger partial charge in [0.15, 0.2) is 0 Å². The second-order valence-electron chi connectivity index (χ2n) is 3.14. The van der Waals surface area contributed by atoms with Crippen LogP contribution >= 0.6 is 0 Å². The third-order valence-corrected chi connectivity index (χ3v) is 2.35. The lowest BCUT2D eigenvalue weighted by Gasteiger charge is -2.27. The summed E-state index contributed by atoms with van der Waals surface area (Å²) in [6.07, 6.45) is 0. The zero-order valence-corrected chi connectivity index (χ0v) is 6.99. The average Bonchev–Trinajstić information content (AvgIpc) is 2.02. The number of hydrogen-bond donors (Lipinski definition) is 1. The topological polar surface area (TPSA) is 35.2 Å². The molecule has 1 saturated heterocycles. The predicted molar refractivity (Wildman–Crippen MR) is 47.9 cm³/mol. The van der Waals surface area contributed by atoms with Crippen LogP contribution in [0.15, 0.2) is 24.3 Å². The lowest BCUT2D eigenvalue weighted by molar-refractivity contribution is 0.00808. The molecule has 2 rings (SSSR count). The maximum atomic E-state index is 5.63. The number of benzene rings is 1. The molecule has 2 N–H and O–H groups in total. The molecule has 64 valence electrons. The maximum absolute atomic E-state index is 5.63. The van der Waals surface area contributed by atoms with Crippen LogP contribution in [0.25, 0.3) is 0 Å². The highest BCUT2D eigenvalue weighted by Gasteiger charge is 2.21. The Balaban J connectivity index is 2.27. The zero-order chi connectivity index (χ0) is 8.39. The van der Waals surface area contributed by atoms with Crippen molar-refractivity contribution in [2.75, 3.05) is 13.2 Å². The minimum absolute atomic E-state index is 0.588. The van der Waals surface area contributed by atoms with Crippen molar-refractivity contribution in [1.29, 1.82) is 0 Å². The lowest BCUT2D eigenvalue weighted by Crippen LogP contribution is -2.26. The summed E-state index contributed by atoms with van der Waals surface area (Å²) in [5.41, 5.74) is 8.25. The maximum Gasteiger partial charge on any atom is 0.0557 e. The first-order valence-electron chi connectivity index (χ1n) is 4.27. The van der Waals surface area contributed by atoms with Gasteiger partial charge in [-0.25, -0.2) is 0 Å². The first-order valence-corrected chi connectivity index (χ1v) is 4.27. The molecule has 2 heteroatoms. The standard InChI is InChI=1S/C10H13NO/c11-5-8-3-1-2-4-10(8)9-6-12-7-9/h1-4,9H,5-7,11H2. The number of rotatable bonds is 2. The zero-order valence-electron chi connectivity index (χ0n) is 6.99. The van der Waals surface area contributed by atoms with E-state index in [9.17, 15) is 0 Å². The van der Waals surface area contributed by atoms with E-state index in [-0.39, 0.29) is 0 Å². The van der Waals surface area contributed by atoms with Gasteiger partial charge in [-0.1, -0.05) is 24.3 Å². The summed E-state index contributed by atoms with van der Waals surface area (Å²) in [7, 11) is 0. The number of ether oxygens (including phenoxy) is 1. The minimum atomic E-state index is 0.588. The van der Waals surface area contributed by atoms with Crippen molar-refractivity contribution in [2.24, 2.45) is 5.73 Å². The van der Waals surface area contributed by atoms with Crippen molar-refractivity contribution >= 4 is 0 Å². The monoisotopic (exact) mass is 163 g/mol. The van der Waals surface area contributed by atoms with Crippen molar-refractivity contribution in [2.45, 2.75) is 12.5 Å². The largest absolute Gasteiger partial charge is 0.380 e. The van der Waals surface area contributed by atoms with E-state index < -0.39 is 0 Å². The van der Waals surface area contributed by atoms with E-state index >= 15 is 0 Å². The van der Waals surface area contributed by atoms with Gasteiger partial charge in [0, 0.05) is 12.5 Å². The van der Waals surface area contributed by atoms with Crippen LogP contribution < -0.4 is 5.73 Å². The molecule has 0 bridgehead atoms. The molecule has 1 aromatic carbocycles. The summed E-state index contributed by atoms with van der Waals surface area (Å²) < 4.78 is 5.15. The fourth-order valence-electron chi connectivity index (χ4n) is 1.53. The Morgan fingerprint density at radius 2 is 2.08 bits per heavy atom. The molecule has 0 aromatic heterocycles. The Morgan fingerprint density at radius 3 is 2.67 bits per heavy atom. The van der Waals surface area contributed by atoms with Crippen molar-refractivity contribution < 1.29 is 4.74 Å². The van der Waals surface area contributed by atoms with E-state index in [1.807, 2.05) is 6.07 Å². The van der Waals surface area contributed by atoms with E-state index in [2.05, 4.69) is 18.2 Å². The number of hydrogen-bond acceptors (Lipinski definition) is 2. The fraction of sp³-hybridized carbons (Fsp3) is 0.400. The summed E-state index contributed by atoms with van der Waals surface area (Å²) >= 11 is 0. The van der Waals surface area contributed by atoms with Crippen LogP contribution in [-0.2, 0) is 11.3 Å². The molecule has 1 aromatic rings. The SMILES string of the molecule is NCc1ccccc1C1COC1. The van der Waals surface area contributed by atoms with Gasteiger partial charge in [0.25, 0.3) is 0 Å². The van der Waals surface area contributed by atoms with E-state index in [1.165, 1.54) is 11.1 Å². The van der Waals surface area contributed by atoms with Gasteiger partial charge >= 0.3 is 0 Å². The number of nitrogens with two attached hydrogens (primary N) is 1. The first-order chi connectivity index (χ1) is 5.92. The average molecular weight is 163 g/mol. The van der Waals surface area contributed by atoms with Crippen molar-refractivity contribution in [1.82, 2.24) is 0 Å². The van der Waals surface area contributed by atoms with Gasteiger partial charge in [-0.3, -0.25) is 0 Å². The van der Waals surface area contributed by atoms with Crippen molar-refractivity contribution in [3.8, 4) is 0 Å². The summed E-state index contributed by atoms with van der Waals surface area (Å²) in [4.78, 5) is 0. The third kappa shape index (κ3) is 1.24. The van der Waals surface area contributed by atoms with Crippen LogP contribution in [0, 0.1) is 0 Å². The third-order valence-electron chi connectivity index (χ3n) is 2.35. The Hall–Kier alpha value is -0.860. The summed E-state index contributed by atoms with van der Waals surface area (Å²) in [6, 6.07) is 8.33. The van der Waals surface area contributed by atoms with Crippen molar-refractivity contribution in [3.05, 3.63) is 35.4 Å². The van der Waals surface area contributed by atoms with Crippen LogP contribution in [0.4, 0.5) is 0 Å². The molecule has 0 unspecified atom stereocenters. The highest BCUT2D eigenvalue weighted by atomic mass is 16.5. The van der Waals surface area contributed by atoms with E-state index in [1.54, 1.807) is 0 Å². The summed E-state index contributed by atoms with van der Waals surface area (Å²) in [6.45, 7) is 2.35.